The Bertz CT molecular complexity index is 1000. The zero-order valence-electron chi connectivity index (χ0n) is 18.9. The largest absolute Gasteiger partial charge is 0.448 e. The quantitative estimate of drug-likeness (QED) is 0.538. The van der Waals surface area contributed by atoms with Crippen LogP contribution in [-0.2, 0) is 11.3 Å². The fourth-order valence-corrected chi connectivity index (χ4v) is 4.31. The molecule has 1 aliphatic heterocycles. The predicted molar refractivity (Wildman–Crippen MR) is 126 cm³/mol. The molecule has 2 heterocycles. The highest BCUT2D eigenvalue weighted by Crippen LogP contribution is 2.28. The molecule has 1 aromatic heterocycles. The van der Waals surface area contributed by atoms with E-state index in [1.807, 2.05) is 43.0 Å². The maximum Gasteiger partial charge on any atom is 0.410 e. The van der Waals surface area contributed by atoms with Gasteiger partial charge >= 0.3 is 6.09 Å². The first kappa shape index (κ1) is 21.9. The van der Waals surface area contributed by atoms with E-state index in [4.69, 9.17) is 4.74 Å². The maximum atomic E-state index is 11.6. The molecular weight excluding hydrogens is 402 g/mol. The van der Waals surface area contributed by atoms with Crippen molar-refractivity contribution in [3.05, 3.63) is 78.4 Å². The van der Waals surface area contributed by atoms with Crippen LogP contribution in [0.5, 0.6) is 0 Å². The highest BCUT2D eigenvalue weighted by molar-refractivity contribution is 5.69. The minimum atomic E-state index is -0.235. The lowest BCUT2D eigenvalue weighted by molar-refractivity contribution is 0.157. The summed E-state index contributed by atoms with van der Waals surface area (Å²) in [7, 11) is 4.26. The lowest BCUT2D eigenvalue weighted by Gasteiger charge is -2.33. The first-order valence-corrected chi connectivity index (χ1v) is 11.1. The number of rotatable bonds is 9. The highest BCUT2D eigenvalue weighted by Gasteiger charge is 2.25. The molecule has 1 saturated heterocycles. The van der Waals surface area contributed by atoms with E-state index in [9.17, 15) is 4.79 Å². The standard InChI is InChI=1S/C25H31N5O2/c1-4-23(28(2)3)24(30-14-13-26-18-30)20-7-11-22(12-8-20)27-21-9-5-19(6-10-21)17-29-15-16-32-25(29)31/h5-14,18,23-24,27H,4,15-17H2,1-3H3. The van der Waals surface area contributed by atoms with Crippen LogP contribution in [0, 0.1) is 0 Å². The average Bonchev–Trinajstić information content (AvgIpc) is 3.46. The molecule has 1 amide bonds. The normalized spacial score (nSPS) is 15.6. The van der Waals surface area contributed by atoms with Gasteiger partial charge in [-0.25, -0.2) is 9.78 Å². The molecule has 2 aromatic carbocycles. The van der Waals surface area contributed by atoms with Gasteiger partial charge in [0.1, 0.15) is 6.61 Å². The number of imidazole rings is 1. The molecular formula is C25H31N5O2. The fourth-order valence-electron chi connectivity index (χ4n) is 4.31. The van der Waals surface area contributed by atoms with E-state index in [1.165, 1.54) is 5.56 Å². The van der Waals surface area contributed by atoms with E-state index < -0.39 is 0 Å². The van der Waals surface area contributed by atoms with Crippen molar-refractivity contribution >= 4 is 17.5 Å². The zero-order chi connectivity index (χ0) is 22.5. The summed E-state index contributed by atoms with van der Waals surface area (Å²) >= 11 is 0. The Morgan fingerprint density at radius 2 is 1.78 bits per heavy atom. The second-order valence-corrected chi connectivity index (χ2v) is 8.37. The van der Waals surface area contributed by atoms with Crippen molar-refractivity contribution < 1.29 is 9.53 Å². The molecule has 2 atom stereocenters. The molecule has 1 aliphatic rings. The van der Waals surface area contributed by atoms with Crippen molar-refractivity contribution in [2.75, 3.05) is 32.6 Å². The number of hydrogen-bond acceptors (Lipinski definition) is 5. The number of benzene rings is 2. The van der Waals surface area contributed by atoms with E-state index in [1.54, 1.807) is 4.90 Å². The molecule has 4 rings (SSSR count). The maximum absolute atomic E-state index is 11.6. The van der Waals surface area contributed by atoms with Gasteiger partial charge in [0.05, 0.1) is 18.9 Å². The summed E-state index contributed by atoms with van der Waals surface area (Å²) in [4.78, 5) is 19.9. The van der Waals surface area contributed by atoms with Crippen LogP contribution in [0.1, 0.15) is 30.5 Å². The molecule has 7 heteroatoms. The third-order valence-electron chi connectivity index (χ3n) is 6.01. The molecule has 168 valence electrons. The van der Waals surface area contributed by atoms with Crippen LogP contribution >= 0.6 is 0 Å². The third kappa shape index (κ3) is 4.94. The number of nitrogens with zero attached hydrogens (tertiary/aromatic N) is 4. The minimum absolute atomic E-state index is 0.197. The van der Waals surface area contributed by atoms with Gasteiger partial charge in [-0.3, -0.25) is 0 Å². The van der Waals surface area contributed by atoms with Crippen molar-refractivity contribution in [2.45, 2.75) is 32.0 Å². The zero-order valence-corrected chi connectivity index (χ0v) is 18.9. The SMILES string of the molecule is CCC(C(c1ccc(Nc2ccc(CN3CCOC3=O)cc2)cc1)n1ccnc1)N(C)C. The van der Waals surface area contributed by atoms with Gasteiger partial charge in [0, 0.05) is 36.4 Å². The summed E-state index contributed by atoms with van der Waals surface area (Å²) in [6, 6.07) is 17.3. The topological polar surface area (TPSA) is 62.6 Å². The molecule has 2 unspecified atom stereocenters. The van der Waals surface area contributed by atoms with E-state index in [0.717, 1.165) is 23.4 Å². The average molecular weight is 434 g/mol. The summed E-state index contributed by atoms with van der Waals surface area (Å²) in [5.41, 5.74) is 4.38. The van der Waals surface area contributed by atoms with Crippen LogP contribution in [0.3, 0.4) is 0 Å². The lowest BCUT2D eigenvalue weighted by atomic mass is 9.96. The molecule has 0 saturated carbocycles. The first-order valence-electron chi connectivity index (χ1n) is 11.1. The predicted octanol–water partition coefficient (Wildman–Crippen LogP) is 4.51. The monoisotopic (exact) mass is 433 g/mol. The van der Waals surface area contributed by atoms with Gasteiger partial charge in [-0.05, 0) is 55.9 Å². The van der Waals surface area contributed by atoms with Gasteiger partial charge in [-0.2, -0.15) is 0 Å². The van der Waals surface area contributed by atoms with Crippen LogP contribution in [0.2, 0.25) is 0 Å². The van der Waals surface area contributed by atoms with E-state index in [2.05, 4.69) is 65.1 Å². The van der Waals surface area contributed by atoms with Gasteiger partial charge in [0.2, 0.25) is 0 Å². The molecule has 0 aliphatic carbocycles. The van der Waals surface area contributed by atoms with Gasteiger partial charge in [0.25, 0.3) is 0 Å². The van der Waals surface area contributed by atoms with E-state index in [0.29, 0.717) is 25.7 Å². The van der Waals surface area contributed by atoms with Crippen LogP contribution in [0.4, 0.5) is 16.2 Å². The fraction of sp³-hybridized carbons (Fsp3) is 0.360. The summed E-state index contributed by atoms with van der Waals surface area (Å²) in [5.74, 6) is 0. The Labute approximate surface area is 189 Å². The summed E-state index contributed by atoms with van der Waals surface area (Å²) in [5, 5.41) is 3.47. The number of cyclic esters (lactones) is 1. The Morgan fingerprint density at radius 3 is 2.31 bits per heavy atom. The number of hydrogen-bond donors (Lipinski definition) is 1. The number of nitrogens with one attached hydrogen (secondary N) is 1. The van der Waals surface area contributed by atoms with Gasteiger partial charge < -0.3 is 24.4 Å². The van der Waals surface area contributed by atoms with Gasteiger partial charge in [0.15, 0.2) is 0 Å². The molecule has 0 spiro atoms. The number of amides is 1. The van der Waals surface area contributed by atoms with E-state index >= 15 is 0 Å². The molecule has 3 aromatic rings. The van der Waals surface area contributed by atoms with Crippen LogP contribution in [0.25, 0.3) is 0 Å². The highest BCUT2D eigenvalue weighted by atomic mass is 16.6. The molecule has 1 fully saturated rings. The molecule has 0 bridgehead atoms. The second kappa shape index (κ2) is 9.87. The van der Waals surface area contributed by atoms with Crippen molar-refractivity contribution in [1.82, 2.24) is 19.4 Å². The van der Waals surface area contributed by atoms with Gasteiger partial charge in [-0.1, -0.05) is 31.2 Å². The third-order valence-corrected chi connectivity index (χ3v) is 6.01. The molecule has 1 N–H and O–H groups in total. The van der Waals surface area contributed by atoms with Gasteiger partial charge in [-0.15, -0.1) is 0 Å². The molecule has 32 heavy (non-hydrogen) atoms. The molecule has 0 radical (unpaired) electrons. The molecule has 7 nitrogen and oxygen atoms in total. The number of ether oxygens (including phenoxy) is 1. The Kier molecular flexibility index (Phi) is 6.75. The number of carbonyl (C=O) groups is 1. The van der Waals surface area contributed by atoms with Crippen LogP contribution in [-0.4, -0.2) is 58.7 Å². The minimum Gasteiger partial charge on any atom is -0.448 e. The van der Waals surface area contributed by atoms with Crippen molar-refractivity contribution in [3.8, 4) is 0 Å². The lowest BCUT2D eigenvalue weighted by Crippen LogP contribution is -2.36. The second-order valence-electron chi connectivity index (χ2n) is 8.37. The Balaban J connectivity index is 1.45. The van der Waals surface area contributed by atoms with Crippen LogP contribution < -0.4 is 5.32 Å². The van der Waals surface area contributed by atoms with Crippen molar-refractivity contribution in [2.24, 2.45) is 0 Å². The smallest absolute Gasteiger partial charge is 0.410 e. The Hall–Kier alpha value is -3.32. The number of anilines is 2. The summed E-state index contributed by atoms with van der Waals surface area (Å²) < 4.78 is 7.18. The van der Waals surface area contributed by atoms with Crippen LogP contribution in [0.15, 0.2) is 67.3 Å². The first-order chi connectivity index (χ1) is 15.5. The number of likely N-dealkylation sites (N-methyl/N-ethyl adjacent to an activating group) is 1. The van der Waals surface area contributed by atoms with Crippen molar-refractivity contribution in [3.63, 3.8) is 0 Å². The number of carbonyl (C=O) groups excluding carboxylic acids is 1. The Morgan fingerprint density at radius 1 is 1.09 bits per heavy atom. The van der Waals surface area contributed by atoms with Crippen molar-refractivity contribution in [1.29, 1.82) is 0 Å². The summed E-state index contributed by atoms with van der Waals surface area (Å²) in [6.07, 6.45) is 6.57. The summed E-state index contributed by atoms with van der Waals surface area (Å²) in [6.45, 7) is 3.93. The number of aromatic nitrogens is 2. The van der Waals surface area contributed by atoms with E-state index in [-0.39, 0.29) is 12.1 Å².